The topological polar surface area (TPSA) is 34.1 Å². The lowest BCUT2D eigenvalue weighted by Crippen LogP contribution is -2.24. The van der Waals surface area contributed by atoms with Crippen LogP contribution >= 0.6 is 0 Å². The number of hydrogen-bond acceptors (Lipinski definition) is 2. The number of allylic oxidation sites excluding steroid dienone is 2. The molecule has 0 heterocycles. The summed E-state index contributed by atoms with van der Waals surface area (Å²) in [4.78, 5) is 21.7. The predicted octanol–water partition coefficient (Wildman–Crippen LogP) is 38.4. The molecule has 16 aliphatic rings. The van der Waals surface area contributed by atoms with E-state index in [1.54, 1.807) is 128 Å². The van der Waals surface area contributed by atoms with Gasteiger partial charge in [-0.3, -0.25) is 0 Å². The highest BCUT2D eigenvalue weighted by atomic mass is 19.3. The van der Waals surface area contributed by atoms with E-state index >= 15 is 0 Å². The molecule has 0 N–H and O–H groups in total. The van der Waals surface area contributed by atoms with Crippen LogP contribution in [0.5, 0.6) is 0 Å². The van der Waals surface area contributed by atoms with Gasteiger partial charge in [0.1, 0.15) is 12.6 Å². The highest BCUT2D eigenvalue weighted by Gasteiger charge is 2.38. The molecule has 2 nitrogen and oxygen atoms in total. The number of carbonyl (C=O) groups is 2. The number of rotatable bonds is 31. The predicted molar refractivity (Wildman–Crippen MR) is 532 cm³/mol. The molecule has 16 aliphatic carbocycles. The molecule has 16 rings (SSSR count). The Morgan fingerprint density at radius 1 is 0.190 bits per heavy atom. The SMILES string of the molecule is CC1CCC(CC2CCC(CC3CCC(CC4CCC(C/C=C\F)CC4)CC3)CC2)CC1.CC1CCC(CC2CCC(CC3CCC(CC4CCC(C=O)CC4)CC3)CC2)CC1.CC1CCC(CC2CCC(CC3CCC(CC4CCC(CC=C(F)F)CC4)CC3)CC2)CC1.CC1CCC(CC2CCC(CC3CCC(CC4CCC(CC=O)CC4)CC3)CC2)CC1. The minimum atomic E-state index is -1.49. The summed E-state index contributed by atoms with van der Waals surface area (Å²) in [5, 5.41) is 0. The van der Waals surface area contributed by atoms with E-state index in [1.165, 1.54) is 372 Å². The lowest BCUT2D eigenvalue weighted by molar-refractivity contribution is -0.112. The molecule has 724 valence electrons. The molecule has 0 aromatic carbocycles. The highest BCUT2D eigenvalue weighted by molar-refractivity contribution is 5.53. The van der Waals surface area contributed by atoms with Crippen molar-refractivity contribution in [2.24, 2.45) is 189 Å². The zero-order chi connectivity index (χ0) is 87.4. The van der Waals surface area contributed by atoms with Gasteiger partial charge in [0.2, 0.25) is 0 Å². The Kier molecular flexibility index (Phi) is 45.6. The number of aldehydes is 2. The molecule has 16 saturated carbocycles. The second kappa shape index (κ2) is 56.3. The van der Waals surface area contributed by atoms with Crippen molar-refractivity contribution in [3.63, 3.8) is 0 Å². The van der Waals surface area contributed by atoms with Crippen LogP contribution in [-0.2, 0) is 9.59 Å². The summed E-state index contributed by atoms with van der Waals surface area (Å²) in [5.41, 5.74) is 0. The maximum atomic E-state index is 12.3. The van der Waals surface area contributed by atoms with E-state index < -0.39 is 6.08 Å². The van der Waals surface area contributed by atoms with Crippen LogP contribution in [0.2, 0.25) is 0 Å². The van der Waals surface area contributed by atoms with Crippen LogP contribution in [0.1, 0.15) is 535 Å². The minimum Gasteiger partial charge on any atom is -0.303 e. The fourth-order valence-corrected chi connectivity index (χ4v) is 32.8. The van der Waals surface area contributed by atoms with Gasteiger partial charge in [0.25, 0.3) is 6.08 Å². The van der Waals surface area contributed by atoms with Gasteiger partial charge in [-0.05, 0) is 344 Å². The van der Waals surface area contributed by atoms with E-state index in [1.807, 2.05) is 0 Å². The van der Waals surface area contributed by atoms with Crippen molar-refractivity contribution in [2.75, 3.05) is 0 Å². The maximum absolute atomic E-state index is 12.3. The molecule has 0 radical (unpaired) electrons. The van der Waals surface area contributed by atoms with Crippen LogP contribution in [0.15, 0.2) is 24.6 Å². The summed E-state index contributed by atoms with van der Waals surface area (Å²) in [5.74, 6) is 31.1. The number of hydrogen-bond donors (Lipinski definition) is 0. The van der Waals surface area contributed by atoms with Crippen molar-refractivity contribution < 1.29 is 22.8 Å². The third kappa shape index (κ3) is 37.3. The second-order valence-electron chi connectivity index (χ2n) is 51.7. The van der Waals surface area contributed by atoms with Gasteiger partial charge >= 0.3 is 0 Å². The smallest absolute Gasteiger partial charge is 0.266 e. The van der Waals surface area contributed by atoms with E-state index in [-0.39, 0.29) is 0 Å². The van der Waals surface area contributed by atoms with E-state index in [0.717, 1.165) is 203 Å². The number of carbonyl (C=O) groups excluding carboxylic acids is 2. The molecule has 0 aromatic rings. The van der Waals surface area contributed by atoms with Crippen LogP contribution in [0, 0.1) is 189 Å². The maximum Gasteiger partial charge on any atom is 0.266 e. The molecular formula is C121H207F3O2. The first-order valence-electron chi connectivity index (χ1n) is 58.7. The van der Waals surface area contributed by atoms with Crippen LogP contribution in [-0.4, -0.2) is 12.6 Å². The Balaban J connectivity index is 0.000000144. The van der Waals surface area contributed by atoms with Crippen LogP contribution in [0.3, 0.4) is 0 Å². The van der Waals surface area contributed by atoms with Gasteiger partial charge in [-0.2, -0.15) is 8.78 Å². The molecular weight excluding hydrogens is 1540 g/mol. The first-order valence-corrected chi connectivity index (χ1v) is 58.7. The Morgan fingerprint density at radius 2 is 0.325 bits per heavy atom. The largest absolute Gasteiger partial charge is 0.303 e. The zero-order valence-corrected chi connectivity index (χ0v) is 83.7. The van der Waals surface area contributed by atoms with Gasteiger partial charge in [-0.25, -0.2) is 4.39 Å². The third-order valence-corrected chi connectivity index (χ3v) is 41.8. The number of halogens is 3. The van der Waals surface area contributed by atoms with Crippen molar-refractivity contribution in [2.45, 2.75) is 535 Å². The van der Waals surface area contributed by atoms with Crippen molar-refractivity contribution >= 4 is 12.6 Å². The highest BCUT2D eigenvalue weighted by Crippen LogP contribution is 2.52. The molecule has 0 atom stereocenters. The zero-order valence-electron chi connectivity index (χ0n) is 83.7. The second-order valence-corrected chi connectivity index (χ2v) is 51.7. The normalized spacial score (nSPS) is 41.8. The Hall–Kier alpha value is -1.39. The molecule has 0 aliphatic heterocycles. The Bertz CT molecular complexity index is 2840. The van der Waals surface area contributed by atoms with E-state index in [9.17, 15) is 22.8 Å². The monoisotopic (exact) mass is 1750 g/mol. The van der Waals surface area contributed by atoms with Gasteiger partial charge in [0.05, 0.1) is 6.33 Å². The fraction of sp³-hybridized carbons (Fsp3) is 0.950. The van der Waals surface area contributed by atoms with Gasteiger partial charge in [-0.1, -0.05) is 380 Å². The quantitative estimate of drug-likeness (QED) is 0.0648. The summed E-state index contributed by atoms with van der Waals surface area (Å²) in [6.45, 7) is 9.81. The van der Waals surface area contributed by atoms with Crippen molar-refractivity contribution in [3.05, 3.63) is 24.6 Å². The molecule has 5 heteroatoms. The molecule has 0 unspecified atom stereocenters. The summed E-state index contributed by atoms with van der Waals surface area (Å²) in [6, 6.07) is 0. The summed E-state index contributed by atoms with van der Waals surface area (Å²) < 4.78 is 36.9. The molecule has 126 heavy (non-hydrogen) atoms. The van der Waals surface area contributed by atoms with Gasteiger partial charge in [0, 0.05) is 12.3 Å². The van der Waals surface area contributed by atoms with Gasteiger partial charge < -0.3 is 9.59 Å². The lowest BCUT2D eigenvalue weighted by atomic mass is 9.69. The molecule has 0 aromatic heterocycles. The van der Waals surface area contributed by atoms with E-state index in [0.29, 0.717) is 24.2 Å². The molecule has 0 saturated heterocycles. The first-order chi connectivity index (χ1) is 61.6. The third-order valence-electron chi connectivity index (χ3n) is 41.8. The van der Waals surface area contributed by atoms with Crippen molar-refractivity contribution in [3.8, 4) is 0 Å². The summed E-state index contributed by atoms with van der Waals surface area (Å²) >= 11 is 0. The summed E-state index contributed by atoms with van der Waals surface area (Å²) in [6.07, 6.45) is 119. The molecule has 16 fully saturated rings. The van der Waals surface area contributed by atoms with Crippen LogP contribution in [0.4, 0.5) is 13.2 Å². The molecule has 0 spiro atoms. The molecule has 0 amide bonds. The standard InChI is InChI=1S/C31H52F2.C31H53F.C30H52O.C29H50O/c1-23-2-4-25(5-3-23)20-27-10-12-29(13-11-27)22-30-16-14-28(15-17-30)21-26-8-6-24(7-9-26)18-19-31(32)33;1-24-4-6-26(7-5-24)21-28-12-14-30(15-13-28)23-31-18-16-29(17-19-31)22-27-10-8-25(9-11-27)3-2-20-32;1-23-2-4-25(5-3-23)20-27-10-12-29(13-11-27)22-30-16-14-28(15-17-30)21-26-8-6-24(7-9-26)18-19-31;1-22-2-4-23(5-3-22)18-24-6-8-25(9-7-24)19-26-10-12-27(13-11-26)20-28-14-16-29(21-30)17-15-28/h19,23-30H,2-18,20-22H2,1H3;2,20,24-31H,3-19,21-23H2,1H3;19,23-30H,2-18,20-22H2,1H3;21-29H,2-20H2,1H3/b;20-2-;;. The Labute approximate surface area is 779 Å². The van der Waals surface area contributed by atoms with Crippen molar-refractivity contribution in [1.82, 2.24) is 0 Å². The van der Waals surface area contributed by atoms with Crippen LogP contribution in [0.25, 0.3) is 0 Å². The van der Waals surface area contributed by atoms with Crippen LogP contribution < -0.4 is 0 Å². The summed E-state index contributed by atoms with van der Waals surface area (Å²) in [7, 11) is 0. The average Bonchev–Trinajstić information content (AvgIpc) is 0.863. The molecule has 0 bridgehead atoms. The fourth-order valence-electron chi connectivity index (χ4n) is 32.8. The average molecular weight is 1750 g/mol. The lowest BCUT2D eigenvalue weighted by Gasteiger charge is -2.37. The first kappa shape index (κ1) is 102. The van der Waals surface area contributed by atoms with Gasteiger partial charge in [0.15, 0.2) is 0 Å². The minimum absolute atomic E-state index is 0.387. The van der Waals surface area contributed by atoms with E-state index in [4.69, 9.17) is 0 Å². The Morgan fingerprint density at radius 3 is 0.468 bits per heavy atom. The van der Waals surface area contributed by atoms with Gasteiger partial charge in [-0.15, -0.1) is 0 Å². The van der Waals surface area contributed by atoms with E-state index in [2.05, 4.69) is 27.7 Å². The van der Waals surface area contributed by atoms with Crippen molar-refractivity contribution in [1.29, 1.82) is 0 Å².